The highest BCUT2D eigenvalue weighted by molar-refractivity contribution is 6.01. The van der Waals surface area contributed by atoms with E-state index in [0.29, 0.717) is 5.70 Å². The molecule has 3 nitrogen and oxygen atoms in total. The highest BCUT2D eigenvalue weighted by Gasteiger charge is 2.24. The predicted octanol–water partition coefficient (Wildman–Crippen LogP) is 4.46. The Bertz CT molecular complexity index is 1000. The minimum absolute atomic E-state index is 0.0506. The first kappa shape index (κ1) is 14.4. The molecule has 2 aromatic carbocycles. The van der Waals surface area contributed by atoms with Crippen molar-refractivity contribution < 1.29 is 4.79 Å². The molecule has 1 amide bonds. The zero-order valence-electron chi connectivity index (χ0n) is 13.4. The molecule has 24 heavy (non-hydrogen) atoms. The summed E-state index contributed by atoms with van der Waals surface area (Å²) in [5, 5.41) is 2.30. The lowest BCUT2D eigenvalue weighted by molar-refractivity contribution is -0.123. The van der Waals surface area contributed by atoms with Gasteiger partial charge in [0.25, 0.3) is 0 Å². The van der Waals surface area contributed by atoms with Crippen LogP contribution in [-0.2, 0) is 4.79 Å². The van der Waals surface area contributed by atoms with Gasteiger partial charge in [0.1, 0.15) is 0 Å². The van der Waals surface area contributed by atoms with Gasteiger partial charge in [0.2, 0.25) is 5.91 Å². The van der Waals surface area contributed by atoms with Gasteiger partial charge in [-0.2, -0.15) is 0 Å². The molecule has 1 aromatic heterocycles. The number of nitrogens with zero attached hydrogens (tertiary/aromatic N) is 2. The van der Waals surface area contributed by atoms with Crippen molar-refractivity contribution in [3.63, 3.8) is 0 Å². The summed E-state index contributed by atoms with van der Waals surface area (Å²) in [7, 11) is 0. The lowest BCUT2D eigenvalue weighted by Gasteiger charge is -2.29. The zero-order chi connectivity index (χ0) is 16.7. The topological polar surface area (TPSA) is 33.2 Å². The molecule has 0 saturated carbocycles. The molecule has 0 fully saturated rings. The van der Waals surface area contributed by atoms with Gasteiger partial charge in [-0.05, 0) is 46.2 Å². The predicted molar refractivity (Wildman–Crippen MR) is 96.8 cm³/mol. The Labute approximate surface area is 140 Å². The minimum Gasteiger partial charge on any atom is -0.287 e. The first-order chi connectivity index (χ1) is 11.6. The lowest BCUT2D eigenvalue weighted by atomic mass is 9.88. The number of hydrogen-bond acceptors (Lipinski definition) is 2. The summed E-state index contributed by atoms with van der Waals surface area (Å²) < 4.78 is 0. The molecule has 3 aromatic rings. The normalized spacial score (nSPS) is 13.6. The first-order valence-electron chi connectivity index (χ1n) is 7.79. The summed E-state index contributed by atoms with van der Waals surface area (Å²) in [4.78, 5) is 17.8. The van der Waals surface area contributed by atoms with Gasteiger partial charge in [-0.15, -0.1) is 0 Å². The molecule has 0 radical (unpaired) electrons. The first-order valence-corrected chi connectivity index (χ1v) is 7.79. The molecule has 1 aliphatic heterocycles. The quantitative estimate of drug-likeness (QED) is 0.665. The van der Waals surface area contributed by atoms with Crippen LogP contribution < -0.4 is 0 Å². The second-order valence-corrected chi connectivity index (χ2v) is 5.86. The summed E-state index contributed by atoms with van der Waals surface area (Å²) >= 11 is 0. The zero-order valence-corrected chi connectivity index (χ0v) is 13.4. The monoisotopic (exact) mass is 312 g/mol. The van der Waals surface area contributed by atoms with Crippen molar-refractivity contribution in [3.8, 4) is 0 Å². The van der Waals surface area contributed by atoms with E-state index < -0.39 is 0 Å². The molecule has 2 heterocycles. The Hall–Kier alpha value is -3.20. The Kier molecular flexibility index (Phi) is 3.28. The maximum Gasteiger partial charge on any atom is 0.227 e. The SMILES string of the molecule is C=C1c2cc3ccccc3cc2C(c2ccncc2)=CN1C(C)=O. The van der Waals surface area contributed by atoms with Gasteiger partial charge >= 0.3 is 0 Å². The summed E-state index contributed by atoms with van der Waals surface area (Å²) in [6, 6.07) is 16.4. The molecule has 0 atom stereocenters. The number of aromatic nitrogens is 1. The molecule has 3 heteroatoms. The van der Waals surface area contributed by atoms with E-state index in [1.807, 2.05) is 30.5 Å². The molecule has 0 aliphatic carbocycles. The summed E-state index contributed by atoms with van der Waals surface area (Å²) in [6.45, 7) is 5.69. The van der Waals surface area contributed by atoms with Crippen molar-refractivity contribution in [2.45, 2.75) is 6.92 Å². The molecule has 1 aliphatic rings. The highest BCUT2D eigenvalue weighted by Crippen LogP contribution is 2.38. The number of carbonyl (C=O) groups excluding carboxylic acids is 1. The largest absolute Gasteiger partial charge is 0.287 e. The molecule has 0 unspecified atom stereocenters. The van der Waals surface area contributed by atoms with Crippen molar-refractivity contribution in [2.24, 2.45) is 0 Å². The average Bonchev–Trinajstić information content (AvgIpc) is 2.61. The van der Waals surface area contributed by atoms with Crippen molar-refractivity contribution in [1.29, 1.82) is 0 Å². The fraction of sp³-hybridized carbons (Fsp3) is 0.0476. The van der Waals surface area contributed by atoms with Crippen LogP contribution in [0, 0.1) is 0 Å². The summed E-state index contributed by atoms with van der Waals surface area (Å²) in [6.07, 6.45) is 5.40. The van der Waals surface area contributed by atoms with Crippen LogP contribution >= 0.6 is 0 Å². The number of carbonyl (C=O) groups is 1. The lowest BCUT2D eigenvalue weighted by Crippen LogP contribution is -2.25. The third-order valence-corrected chi connectivity index (χ3v) is 4.37. The number of amides is 1. The molecular weight excluding hydrogens is 296 g/mol. The Morgan fingerprint density at radius 1 is 1.00 bits per heavy atom. The number of rotatable bonds is 1. The van der Waals surface area contributed by atoms with E-state index >= 15 is 0 Å². The van der Waals surface area contributed by atoms with Gasteiger partial charge in [-0.25, -0.2) is 0 Å². The minimum atomic E-state index is -0.0506. The van der Waals surface area contributed by atoms with E-state index in [1.165, 1.54) is 5.39 Å². The number of pyridine rings is 1. The second kappa shape index (κ2) is 5.46. The second-order valence-electron chi connectivity index (χ2n) is 5.86. The van der Waals surface area contributed by atoms with Gasteiger partial charge in [-0.3, -0.25) is 14.7 Å². The van der Waals surface area contributed by atoms with E-state index in [2.05, 4.69) is 35.8 Å². The van der Waals surface area contributed by atoms with Crippen molar-refractivity contribution in [1.82, 2.24) is 9.88 Å². The van der Waals surface area contributed by atoms with E-state index in [-0.39, 0.29) is 5.91 Å². The maximum absolute atomic E-state index is 12.1. The third kappa shape index (κ3) is 2.22. The fourth-order valence-electron chi connectivity index (χ4n) is 3.15. The third-order valence-electron chi connectivity index (χ3n) is 4.37. The maximum atomic E-state index is 12.1. The summed E-state index contributed by atoms with van der Waals surface area (Å²) in [5.41, 5.74) is 4.81. The molecule has 116 valence electrons. The van der Waals surface area contributed by atoms with Crippen LogP contribution in [0.3, 0.4) is 0 Å². The average molecular weight is 312 g/mol. The van der Waals surface area contributed by atoms with Gasteiger partial charge in [0, 0.05) is 42.4 Å². The molecular formula is C21H16N2O. The van der Waals surface area contributed by atoms with Gasteiger partial charge in [0.05, 0.1) is 0 Å². The molecule has 0 N–H and O–H groups in total. The van der Waals surface area contributed by atoms with Crippen LogP contribution in [-0.4, -0.2) is 15.8 Å². The van der Waals surface area contributed by atoms with E-state index in [0.717, 1.165) is 27.6 Å². The summed E-state index contributed by atoms with van der Waals surface area (Å²) in [5.74, 6) is -0.0506. The van der Waals surface area contributed by atoms with E-state index in [9.17, 15) is 4.79 Å². The van der Waals surface area contributed by atoms with E-state index in [1.54, 1.807) is 24.2 Å². The van der Waals surface area contributed by atoms with Gasteiger partial charge in [0.15, 0.2) is 0 Å². The van der Waals surface area contributed by atoms with Crippen LogP contribution in [0.5, 0.6) is 0 Å². The Balaban J connectivity index is 2.02. The van der Waals surface area contributed by atoms with E-state index in [4.69, 9.17) is 0 Å². The van der Waals surface area contributed by atoms with Crippen LogP contribution in [0.25, 0.3) is 22.0 Å². The number of hydrogen-bond donors (Lipinski definition) is 0. The van der Waals surface area contributed by atoms with Crippen LogP contribution in [0.4, 0.5) is 0 Å². The van der Waals surface area contributed by atoms with Gasteiger partial charge in [-0.1, -0.05) is 30.8 Å². The van der Waals surface area contributed by atoms with Crippen molar-refractivity contribution in [2.75, 3.05) is 0 Å². The highest BCUT2D eigenvalue weighted by atomic mass is 16.2. The van der Waals surface area contributed by atoms with Gasteiger partial charge < -0.3 is 0 Å². The molecule has 0 spiro atoms. The number of benzene rings is 2. The van der Waals surface area contributed by atoms with Crippen LogP contribution in [0.15, 0.2) is 73.7 Å². The Morgan fingerprint density at radius 3 is 2.25 bits per heavy atom. The van der Waals surface area contributed by atoms with Crippen molar-refractivity contribution >= 4 is 27.9 Å². The number of fused-ring (bicyclic) bond motifs is 2. The Morgan fingerprint density at radius 2 is 1.62 bits per heavy atom. The van der Waals surface area contributed by atoms with Crippen LogP contribution in [0.1, 0.15) is 23.6 Å². The standard InChI is InChI=1S/C21H16N2O/c1-14-19-11-17-5-3-4-6-18(17)12-20(19)21(13-23(14)15(2)24)16-7-9-22-10-8-16/h3-13H,1H2,2H3. The smallest absolute Gasteiger partial charge is 0.227 e. The molecule has 0 saturated heterocycles. The molecule has 0 bridgehead atoms. The van der Waals surface area contributed by atoms with Crippen LogP contribution in [0.2, 0.25) is 0 Å². The van der Waals surface area contributed by atoms with Crippen molar-refractivity contribution in [3.05, 3.63) is 90.4 Å². The molecule has 4 rings (SSSR count). The fourth-order valence-corrected chi connectivity index (χ4v) is 3.15.